The minimum absolute atomic E-state index is 0.158. The molecule has 0 amide bonds. The normalized spacial score (nSPS) is 22.3. The summed E-state index contributed by atoms with van der Waals surface area (Å²) in [5.41, 5.74) is 16.4. The fourth-order valence-corrected chi connectivity index (χ4v) is 10.2. The predicted octanol–water partition coefficient (Wildman–Crippen LogP) is 11.0. The van der Waals surface area contributed by atoms with Crippen LogP contribution in [0.2, 0.25) is 0 Å². The first-order valence-electron chi connectivity index (χ1n) is 17.1. The summed E-state index contributed by atoms with van der Waals surface area (Å²) in [6.45, 7) is 2.42. The average Bonchev–Trinajstić information content (AvgIpc) is 3.69. The second kappa shape index (κ2) is 9.56. The number of ether oxygens (including phenoxy) is 1. The van der Waals surface area contributed by atoms with Gasteiger partial charge in [-0.25, -0.2) is 0 Å². The number of anilines is 2. The Morgan fingerprint density at radius 1 is 0.511 bits per heavy atom. The van der Waals surface area contributed by atoms with Gasteiger partial charge in [0.25, 0.3) is 0 Å². The summed E-state index contributed by atoms with van der Waals surface area (Å²) in [7, 11) is 1.93. The molecule has 10 rings (SSSR count). The summed E-state index contributed by atoms with van der Waals surface area (Å²) in [5, 5.41) is 0. The lowest BCUT2D eigenvalue weighted by atomic mass is 9.68. The fraction of sp³-hybridized carbons (Fsp3) is 0.200. The standard InChI is InChI=1S/C45H37NO/c1-43-26-12-13-27-44(43,47-2)41-29-31(23-25-42(41)46(43)32-14-4-3-5-15-32)30-22-24-40-36(28-30)35-18-8-11-21-39(35)45(40)37-19-9-6-16-33(37)34-17-7-10-20-38(34)45/h3-11,14-25,28-29H,12-13,26-27H2,1-2H3. The van der Waals surface area contributed by atoms with Crippen LogP contribution in [0.3, 0.4) is 0 Å². The Morgan fingerprint density at radius 2 is 1.04 bits per heavy atom. The van der Waals surface area contributed by atoms with E-state index < -0.39 is 0 Å². The van der Waals surface area contributed by atoms with Crippen molar-refractivity contribution in [3.05, 3.63) is 167 Å². The number of fused-ring (bicyclic) bond motifs is 13. The van der Waals surface area contributed by atoms with Gasteiger partial charge < -0.3 is 9.64 Å². The van der Waals surface area contributed by atoms with E-state index in [1.165, 1.54) is 85.4 Å². The van der Waals surface area contributed by atoms with Gasteiger partial charge >= 0.3 is 0 Å². The molecular formula is C45H37NO. The van der Waals surface area contributed by atoms with Crippen LogP contribution in [0.5, 0.6) is 0 Å². The van der Waals surface area contributed by atoms with Crippen LogP contribution in [0.15, 0.2) is 140 Å². The molecule has 0 saturated heterocycles. The van der Waals surface area contributed by atoms with Crippen molar-refractivity contribution in [1.82, 2.24) is 0 Å². The number of para-hydroxylation sites is 1. The molecule has 3 aliphatic carbocycles. The van der Waals surface area contributed by atoms with Crippen LogP contribution in [0.4, 0.5) is 11.4 Å². The number of nitrogens with zero attached hydrogens (tertiary/aromatic N) is 1. The highest BCUT2D eigenvalue weighted by atomic mass is 16.5. The topological polar surface area (TPSA) is 12.5 Å². The van der Waals surface area contributed by atoms with Crippen molar-refractivity contribution in [1.29, 1.82) is 0 Å². The average molecular weight is 608 g/mol. The maximum atomic E-state index is 6.68. The van der Waals surface area contributed by atoms with Crippen molar-refractivity contribution in [2.24, 2.45) is 0 Å². The van der Waals surface area contributed by atoms with Crippen molar-refractivity contribution in [2.45, 2.75) is 49.2 Å². The molecule has 2 heteroatoms. The van der Waals surface area contributed by atoms with Gasteiger partial charge in [-0.05, 0) is 106 Å². The highest BCUT2D eigenvalue weighted by Crippen LogP contribution is 2.64. The maximum absolute atomic E-state index is 6.68. The Morgan fingerprint density at radius 3 is 1.70 bits per heavy atom. The van der Waals surface area contributed by atoms with E-state index in [0.29, 0.717) is 0 Å². The molecule has 0 aromatic heterocycles. The molecule has 6 aromatic carbocycles. The second-order valence-electron chi connectivity index (χ2n) is 14.1. The number of methoxy groups -OCH3 is 1. The molecule has 0 radical (unpaired) electrons. The maximum Gasteiger partial charge on any atom is 0.118 e. The number of benzene rings is 6. The zero-order valence-electron chi connectivity index (χ0n) is 27.0. The second-order valence-corrected chi connectivity index (χ2v) is 14.1. The Kier molecular flexibility index (Phi) is 5.54. The molecular weight excluding hydrogens is 571 g/mol. The van der Waals surface area contributed by atoms with Gasteiger partial charge in [-0.2, -0.15) is 0 Å². The molecule has 47 heavy (non-hydrogen) atoms. The lowest BCUT2D eigenvalue weighted by molar-refractivity contribution is -0.0871. The molecule has 0 bridgehead atoms. The molecule has 1 spiro atoms. The first-order chi connectivity index (χ1) is 23.1. The largest absolute Gasteiger partial charge is 0.371 e. The monoisotopic (exact) mass is 607 g/mol. The Hall–Kier alpha value is -4.92. The van der Waals surface area contributed by atoms with E-state index in [-0.39, 0.29) is 16.6 Å². The van der Waals surface area contributed by atoms with E-state index in [9.17, 15) is 0 Å². The van der Waals surface area contributed by atoms with Gasteiger partial charge in [-0.3, -0.25) is 0 Å². The lowest BCUT2D eigenvalue weighted by Crippen LogP contribution is -2.57. The minimum Gasteiger partial charge on any atom is -0.371 e. The third-order valence-corrected chi connectivity index (χ3v) is 12.2. The molecule has 2 unspecified atom stereocenters. The van der Waals surface area contributed by atoms with Crippen molar-refractivity contribution in [3.63, 3.8) is 0 Å². The zero-order chi connectivity index (χ0) is 31.4. The lowest BCUT2D eigenvalue weighted by Gasteiger charge is -2.50. The van der Waals surface area contributed by atoms with Crippen LogP contribution in [0.1, 0.15) is 60.4 Å². The first kappa shape index (κ1) is 27.2. The third-order valence-electron chi connectivity index (χ3n) is 12.2. The van der Waals surface area contributed by atoms with E-state index in [4.69, 9.17) is 4.74 Å². The molecule has 228 valence electrons. The van der Waals surface area contributed by atoms with Gasteiger partial charge in [-0.1, -0.05) is 122 Å². The van der Waals surface area contributed by atoms with Crippen LogP contribution in [0, 0.1) is 0 Å². The molecule has 4 aliphatic rings. The van der Waals surface area contributed by atoms with E-state index in [2.05, 4.69) is 151 Å². The van der Waals surface area contributed by atoms with Gasteiger partial charge in [0.2, 0.25) is 0 Å². The smallest absolute Gasteiger partial charge is 0.118 e. The van der Waals surface area contributed by atoms with E-state index in [1.54, 1.807) is 0 Å². The number of hydrogen-bond donors (Lipinski definition) is 0. The Labute approximate surface area is 277 Å². The Bertz CT molecular complexity index is 2190. The van der Waals surface area contributed by atoms with Crippen molar-refractivity contribution < 1.29 is 4.74 Å². The summed E-state index contributed by atoms with van der Waals surface area (Å²) < 4.78 is 6.68. The highest BCUT2D eigenvalue weighted by Gasteiger charge is 2.61. The molecule has 6 aromatic rings. The summed E-state index contributed by atoms with van der Waals surface area (Å²) in [6.07, 6.45) is 4.51. The van der Waals surface area contributed by atoms with E-state index in [0.717, 1.165) is 12.8 Å². The summed E-state index contributed by atoms with van der Waals surface area (Å²) in [6, 6.07) is 52.4. The van der Waals surface area contributed by atoms with Gasteiger partial charge in [0, 0.05) is 24.0 Å². The highest BCUT2D eigenvalue weighted by molar-refractivity contribution is 5.96. The van der Waals surface area contributed by atoms with E-state index >= 15 is 0 Å². The van der Waals surface area contributed by atoms with Gasteiger partial charge in [0.1, 0.15) is 5.60 Å². The molecule has 1 saturated carbocycles. The molecule has 0 N–H and O–H groups in total. The van der Waals surface area contributed by atoms with E-state index in [1.807, 2.05) is 7.11 Å². The SMILES string of the molecule is COC12CCCCC1(C)N(c1ccccc1)c1ccc(-c3ccc4c(c3)-c3ccccc3C43c4ccccc4-c4ccccc43)cc12. The molecule has 1 heterocycles. The summed E-state index contributed by atoms with van der Waals surface area (Å²) in [5.74, 6) is 0. The van der Waals surface area contributed by atoms with Crippen LogP contribution >= 0.6 is 0 Å². The zero-order valence-corrected chi connectivity index (χ0v) is 27.0. The van der Waals surface area contributed by atoms with Crippen molar-refractivity contribution >= 4 is 11.4 Å². The van der Waals surface area contributed by atoms with Gasteiger partial charge in [0.15, 0.2) is 0 Å². The molecule has 2 atom stereocenters. The van der Waals surface area contributed by atoms with Crippen LogP contribution in [-0.2, 0) is 15.8 Å². The molecule has 1 fully saturated rings. The predicted molar refractivity (Wildman–Crippen MR) is 192 cm³/mol. The van der Waals surface area contributed by atoms with Crippen LogP contribution in [-0.4, -0.2) is 12.6 Å². The summed E-state index contributed by atoms with van der Waals surface area (Å²) in [4.78, 5) is 2.58. The third kappa shape index (κ3) is 3.24. The number of hydrogen-bond acceptors (Lipinski definition) is 2. The Balaban J connectivity index is 1.18. The van der Waals surface area contributed by atoms with Gasteiger partial charge in [0.05, 0.1) is 11.0 Å². The van der Waals surface area contributed by atoms with Crippen LogP contribution < -0.4 is 4.90 Å². The van der Waals surface area contributed by atoms with Gasteiger partial charge in [-0.15, -0.1) is 0 Å². The quantitative estimate of drug-likeness (QED) is 0.198. The first-order valence-corrected chi connectivity index (χ1v) is 17.1. The fourth-order valence-electron chi connectivity index (χ4n) is 10.2. The van der Waals surface area contributed by atoms with Crippen molar-refractivity contribution in [3.8, 4) is 33.4 Å². The molecule has 2 nitrogen and oxygen atoms in total. The van der Waals surface area contributed by atoms with Crippen molar-refractivity contribution in [2.75, 3.05) is 12.0 Å². The summed E-state index contributed by atoms with van der Waals surface area (Å²) >= 11 is 0. The number of rotatable bonds is 3. The molecule has 1 aliphatic heterocycles. The minimum atomic E-state index is -0.364. The van der Waals surface area contributed by atoms with Crippen LogP contribution in [0.25, 0.3) is 33.4 Å².